The number of hydrogen-bond acceptors (Lipinski definition) is 4. The first-order valence-electron chi connectivity index (χ1n) is 8.32. The maximum absolute atomic E-state index is 12.5. The van der Waals surface area contributed by atoms with Gasteiger partial charge in [0.15, 0.2) is 0 Å². The minimum absolute atomic E-state index is 0.0524. The van der Waals surface area contributed by atoms with Gasteiger partial charge in [-0.05, 0) is 32.1 Å². The summed E-state index contributed by atoms with van der Waals surface area (Å²) in [5, 5.41) is 16.2. The second kappa shape index (κ2) is 8.17. The van der Waals surface area contributed by atoms with Gasteiger partial charge in [-0.3, -0.25) is 0 Å². The third-order valence-electron chi connectivity index (χ3n) is 4.37. The molecule has 1 saturated heterocycles. The number of piperidine rings is 1. The molecule has 2 N–H and O–H groups in total. The van der Waals surface area contributed by atoms with Crippen LogP contribution in [0.2, 0.25) is 0 Å². The summed E-state index contributed by atoms with van der Waals surface area (Å²) in [5.74, 6) is 0.850. The average Bonchev–Trinajstić information content (AvgIpc) is 2.95. The Kier molecular flexibility index (Phi) is 6.24. The van der Waals surface area contributed by atoms with E-state index in [1.165, 1.54) is 0 Å². The Hall–Kier alpha value is -1.56. The minimum atomic E-state index is -0.0524. The van der Waals surface area contributed by atoms with Crippen LogP contribution >= 0.6 is 0 Å². The molecule has 0 radical (unpaired) electrons. The highest BCUT2D eigenvalue weighted by Crippen LogP contribution is 2.20. The van der Waals surface area contributed by atoms with Gasteiger partial charge in [0.25, 0.3) is 0 Å². The quantitative estimate of drug-likeness (QED) is 0.845. The normalized spacial score (nSPS) is 18.5. The number of rotatable bonds is 6. The molecule has 6 heteroatoms. The second-order valence-corrected chi connectivity index (χ2v) is 5.75. The number of urea groups is 1. The molecule has 0 aliphatic carbocycles. The van der Waals surface area contributed by atoms with E-state index in [4.69, 9.17) is 9.63 Å². The van der Waals surface area contributed by atoms with Crippen LogP contribution in [0.4, 0.5) is 4.79 Å². The van der Waals surface area contributed by atoms with Gasteiger partial charge in [-0.1, -0.05) is 19.0 Å². The maximum atomic E-state index is 12.5. The largest absolute Gasteiger partial charge is 0.396 e. The number of carbonyl (C=O) groups excluding carboxylic acids is 1. The summed E-state index contributed by atoms with van der Waals surface area (Å²) in [6, 6.07) is 0.0981. The van der Waals surface area contributed by atoms with Crippen molar-refractivity contribution in [3.63, 3.8) is 0 Å². The molecule has 0 aromatic carbocycles. The van der Waals surface area contributed by atoms with Crippen molar-refractivity contribution in [1.29, 1.82) is 0 Å². The van der Waals surface area contributed by atoms with Crippen LogP contribution in [-0.2, 0) is 19.4 Å². The molecule has 0 saturated carbocycles. The molecular weight excluding hydrogens is 282 g/mol. The number of nitrogens with one attached hydrogen (secondary N) is 1. The fourth-order valence-corrected chi connectivity index (χ4v) is 3.12. The first-order valence-corrected chi connectivity index (χ1v) is 8.32. The van der Waals surface area contributed by atoms with Crippen molar-refractivity contribution in [3.05, 3.63) is 17.0 Å². The Bertz CT molecular complexity index is 463. The number of aliphatic hydroxyl groups excluding tert-OH is 1. The van der Waals surface area contributed by atoms with E-state index < -0.39 is 0 Å². The molecule has 1 fully saturated rings. The van der Waals surface area contributed by atoms with Gasteiger partial charge in [0.05, 0.1) is 5.69 Å². The lowest BCUT2D eigenvalue weighted by atomic mass is 10.00. The number of nitrogens with zero attached hydrogens (tertiary/aromatic N) is 2. The van der Waals surface area contributed by atoms with Crippen LogP contribution in [0.1, 0.15) is 56.5 Å². The zero-order valence-corrected chi connectivity index (χ0v) is 13.6. The third-order valence-corrected chi connectivity index (χ3v) is 4.37. The summed E-state index contributed by atoms with van der Waals surface area (Å²) in [7, 11) is 0. The van der Waals surface area contributed by atoms with Crippen molar-refractivity contribution in [1.82, 2.24) is 15.4 Å². The number of aliphatic hydroxyl groups is 1. The van der Waals surface area contributed by atoms with Gasteiger partial charge in [-0.2, -0.15) is 0 Å². The van der Waals surface area contributed by atoms with Crippen molar-refractivity contribution >= 4 is 6.03 Å². The fourth-order valence-electron chi connectivity index (χ4n) is 3.12. The molecule has 1 aromatic rings. The molecule has 1 unspecified atom stereocenters. The highest BCUT2D eigenvalue weighted by atomic mass is 16.5. The maximum Gasteiger partial charge on any atom is 0.317 e. The Balaban J connectivity index is 1.98. The van der Waals surface area contributed by atoms with Crippen LogP contribution in [0.3, 0.4) is 0 Å². The summed E-state index contributed by atoms with van der Waals surface area (Å²) < 4.78 is 5.33. The number of amides is 2. The molecule has 1 aromatic heterocycles. The topological polar surface area (TPSA) is 78.6 Å². The molecule has 0 bridgehead atoms. The van der Waals surface area contributed by atoms with Crippen LogP contribution < -0.4 is 5.32 Å². The standard InChI is InChI=1S/C16H27N3O3/c1-3-14-13(15(4-2)22-18-14)11-17-16(21)19-9-6-5-7-12(19)8-10-20/h12,20H,3-11H2,1-2H3,(H,17,21). The lowest BCUT2D eigenvalue weighted by Gasteiger charge is -2.35. The number of likely N-dealkylation sites (tertiary alicyclic amines) is 1. The molecule has 1 aliphatic heterocycles. The van der Waals surface area contributed by atoms with Crippen LogP contribution in [0.25, 0.3) is 0 Å². The Morgan fingerprint density at radius 3 is 2.91 bits per heavy atom. The van der Waals surface area contributed by atoms with Gasteiger partial charge in [0.1, 0.15) is 5.76 Å². The highest BCUT2D eigenvalue weighted by molar-refractivity contribution is 5.74. The number of aryl methyl sites for hydroxylation is 2. The average molecular weight is 309 g/mol. The SMILES string of the molecule is CCc1noc(CC)c1CNC(=O)N1CCCCC1CCO. The van der Waals surface area contributed by atoms with E-state index >= 15 is 0 Å². The zero-order chi connectivity index (χ0) is 15.9. The van der Waals surface area contributed by atoms with E-state index in [9.17, 15) is 4.79 Å². The van der Waals surface area contributed by atoms with Gasteiger partial charge in [0, 0.05) is 37.7 Å². The summed E-state index contributed by atoms with van der Waals surface area (Å²) in [4.78, 5) is 14.3. The monoisotopic (exact) mass is 309 g/mol. The van der Waals surface area contributed by atoms with Gasteiger partial charge in [-0.15, -0.1) is 0 Å². The van der Waals surface area contributed by atoms with E-state index in [-0.39, 0.29) is 18.7 Å². The lowest BCUT2D eigenvalue weighted by molar-refractivity contribution is 0.131. The minimum Gasteiger partial charge on any atom is -0.396 e. The predicted molar refractivity (Wildman–Crippen MR) is 83.5 cm³/mol. The van der Waals surface area contributed by atoms with E-state index in [0.29, 0.717) is 13.0 Å². The lowest BCUT2D eigenvalue weighted by Crippen LogP contribution is -2.48. The number of hydrogen-bond donors (Lipinski definition) is 2. The van der Waals surface area contributed by atoms with Crippen molar-refractivity contribution in [3.8, 4) is 0 Å². The van der Waals surface area contributed by atoms with E-state index in [2.05, 4.69) is 10.5 Å². The number of carbonyl (C=O) groups is 1. The highest BCUT2D eigenvalue weighted by Gasteiger charge is 2.26. The van der Waals surface area contributed by atoms with Gasteiger partial charge in [-0.25, -0.2) is 4.79 Å². The smallest absolute Gasteiger partial charge is 0.317 e. The molecule has 2 amide bonds. The van der Waals surface area contributed by atoms with Gasteiger partial charge < -0.3 is 19.8 Å². The van der Waals surface area contributed by atoms with E-state index in [1.807, 2.05) is 18.7 Å². The van der Waals surface area contributed by atoms with Crippen molar-refractivity contribution in [2.24, 2.45) is 0 Å². The molecule has 2 heterocycles. The van der Waals surface area contributed by atoms with Gasteiger partial charge >= 0.3 is 6.03 Å². The van der Waals surface area contributed by atoms with Crippen molar-refractivity contribution < 1.29 is 14.4 Å². The molecule has 1 aliphatic rings. The molecule has 22 heavy (non-hydrogen) atoms. The second-order valence-electron chi connectivity index (χ2n) is 5.75. The summed E-state index contributed by atoms with van der Waals surface area (Å²) in [6.07, 6.45) is 5.35. The molecule has 1 atom stereocenters. The summed E-state index contributed by atoms with van der Waals surface area (Å²) in [5.41, 5.74) is 1.93. The summed E-state index contributed by atoms with van der Waals surface area (Å²) in [6.45, 7) is 5.40. The van der Waals surface area contributed by atoms with E-state index in [0.717, 1.165) is 55.7 Å². The van der Waals surface area contributed by atoms with Crippen LogP contribution in [0, 0.1) is 0 Å². The first kappa shape index (κ1) is 16.8. The first-order chi connectivity index (χ1) is 10.7. The molecule has 0 spiro atoms. The summed E-state index contributed by atoms with van der Waals surface area (Å²) >= 11 is 0. The third kappa shape index (κ3) is 3.80. The Labute approximate surface area is 131 Å². The van der Waals surface area contributed by atoms with Crippen LogP contribution in [0.5, 0.6) is 0 Å². The molecular formula is C16H27N3O3. The predicted octanol–water partition coefficient (Wildman–Crippen LogP) is 2.25. The number of aromatic nitrogens is 1. The van der Waals surface area contributed by atoms with Crippen molar-refractivity contribution in [2.75, 3.05) is 13.2 Å². The van der Waals surface area contributed by atoms with Crippen molar-refractivity contribution in [2.45, 2.75) is 65.0 Å². The fraction of sp³-hybridized carbons (Fsp3) is 0.750. The van der Waals surface area contributed by atoms with Crippen LogP contribution in [0.15, 0.2) is 4.52 Å². The molecule has 6 nitrogen and oxygen atoms in total. The zero-order valence-electron chi connectivity index (χ0n) is 13.6. The Morgan fingerprint density at radius 2 is 2.23 bits per heavy atom. The van der Waals surface area contributed by atoms with Gasteiger partial charge in [0.2, 0.25) is 0 Å². The van der Waals surface area contributed by atoms with E-state index in [1.54, 1.807) is 0 Å². The Morgan fingerprint density at radius 1 is 1.41 bits per heavy atom. The molecule has 2 rings (SSSR count). The molecule has 124 valence electrons. The van der Waals surface area contributed by atoms with Crippen LogP contribution in [-0.4, -0.2) is 40.4 Å².